The predicted molar refractivity (Wildman–Crippen MR) is 92.3 cm³/mol. The molecule has 0 aliphatic heterocycles. The van der Waals surface area contributed by atoms with Crippen LogP contribution in [0.15, 0.2) is 47.0 Å². The van der Waals surface area contributed by atoms with Gasteiger partial charge in [0, 0.05) is 17.6 Å². The van der Waals surface area contributed by atoms with Gasteiger partial charge in [-0.25, -0.2) is 4.98 Å². The molecule has 0 spiro atoms. The summed E-state index contributed by atoms with van der Waals surface area (Å²) in [5.41, 5.74) is 2.22. The van der Waals surface area contributed by atoms with E-state index in [9.17, 15) is 0 Å². The summed E-state index contributed by atoms with van der Waals surface area (Å²) in [5, 5.41) is 13.4. The zero-order valence-electron chi connectivity index (χ0n) is 13.1. The lowest BCUT2D eigenvalue weighted by molar-refractivity contribution is 0.282. The van der Waals surface area contributed by atoms with Crippen molar-refractivity contribution in [2.75, 3.05) is 6.54 Å². The van der Waals surface area contributed by atoms with Crippen LogP contribution < -0.4 is 5.32 Å². The van der Waals surface area contributed by atoms with Gasteiger partial charge < -0.3 is 14.8 Å². The normalized spacial score (nSPS) is 11.0. The van der Waals surface area contributed by atoms with Crippen LogP contribution in [0.25, 0.3) is 10.8 Å². The van der Waals surface area contributed by atoms with E-state index < -0.39 is 0 Å². The lowest BCUT2D eigenvalue weighted by Crippen LogP contribution is -2.15. The Labute approximate surface area is 139 Å². The van der Waals surface area contributed by atoms with Crippen molar-refractivity contribution in [2.45, 2.75) is 26.5 Å². The number of aromatic nitrogens is 1. The maximum absolute atomic E-state index is 9.03. The molecule has 23 heavy (non-hydrogen) atoms. The monoisotopic (exact) mass is 328 g/mol. The van der Waals surface area contributed by atoms with Crippen LogP contribution in [-0.2, 0) is 19.6 Å². The highest BCUT2D eigenvalue weighted by atomic mass is 32.1. The molecule has 120 valence electrons. The lowest BCUT2D eigenvalue weighted by Gasteiger charge is -2.04. The first kappa shape index (κ1) is 15.9. The minimum Gasteiger partial charge on any atom is -0.459 e. The van der Waals surface area contributed by atoms with E-state index in [1.54, 1.807) is 11.3 Å². The van der Waals surface area contributed by atoms with E-state index in [-0.39, 0.29) is 6.61 Å². The molecule has 0 fully saturated rings. The van der Waals surface area contributed by atoms with Crippen LogP contribution in [0.1, 0.15) is 21.8 Å². The van der Waals surface area contributed by atoms with Crippen molar-refractivity contribution >= 4 is 11.3 Å². The number of nitrogens with zero attached hydrogens (tertiary/aromatic N) is 1. The second-order valence-electron chi connectivity index (χ2n) is 5.44. The fourth-order valence-electron chi connectivity index (χ4n) is 2.31. The van der Waals surface area contributed by atoms with E-state index in [0.717, 1.165) is 41.6 Å². The molecule has 0 saturated heterocycles. The van der Waals surface area contributed by atoms with Crippen LogP contribution in [0.3, 0.4) is 0 Å². The number of aliphatic hydroxyl groups excluding tert-OH is 1. The summed E-state index contributed by atoms with van der Waals surface area (Å²) in [6.45, 7) is 3.76. The van der Waals surface area contributed by atoms with Crippen molar-refractivity contribution < 1.29 is 9.52 Å². The molecule has 3 rings (SSSR count). The standard InChI is InChI=1S/C18H20N2O2S/c1-13-2-7-17(22-13)18-20-11-16(23-18)10-19-9-8-14-3-5-15(12-21)6-4-14/h2-7,11,19,21H,8-10,12H2,1H3. The minimum absolute atomic E-state index is 0.0986. The molecule has 1 aromatic carbocycles. The van der Waals surface area contributed by atoms with E-state index in [1.807, 2.05) is 37.4 Å². The fraction of sp³-hybridized carbons (Fsp3) is 0.278. The third kappa shape index (κ3) is 4.28. The van der Waals surface area contributed by atoms with Crippen molar-refractivity contribution in [3.05, 3.63) is 64.4 Å². The van der Waals surface area contributed by atoms with E-state index in [2.05, 4.69) is 22.4 Å². The first-order valence-electron chi connectivity index (χ1n) is 7.65. The molecule has 0 radical (unpaired) electrons. The van der Waals surface area contributed by atoms with Gasteiger partial charge in [0.25, 0.3) is 0 Å². The smallest absolute Gasteiger partial charge is 0.162 e. The number of furan rings is 1. The molecule has 5 heteroatoms. The number of rotatable bonds is 7. The van der Waals surface area contributed by atoms with Gasteiger partial charge in [-0.05, 0) is 43.1 Å². The van der Waals surface area contributed by atoms with Crippen LogP contribution in [-0.4, -0.2) is 16.6 Å². The molecular weight excluding hydrogens is 308 g/mol. The number of aliphatic hydroxyl groups is 1. The van der Waals surface area contributed by atoms with Crippen LogP contribution >= 0.6 is 11.3 Å². The highest BCUT2D eigenvalue weighted by molar-refractivity contribution is 7.14. The van der Waals surface area contributed by atoms with E-state index >= 15 is 0 Å². The van der Waals surface area contributed by atoms with Gasteiger partial charge in [-0.1, -0.05) is 24.3 Å². The van der Waals surface area contributed by atoms with E-state index in [0.29, 0.717) is 0 Å². The molecule has 0 aliphatic rings. The number of benzene rings is 1. The molecule has 0 saturated carbocycles. The van der Waals surface area contributed by atoms with E-state index in [4.69, 9.17) is 9.52 Å². The molecule has 2 N–H and O–H groups in total. The molecule has 0 aliphatic carbocycles. The van der Waals surface area contributed by atoms with Gasteiger partial charge in [-0.2, -0.15) is 0 Å². The third-order valence-corrected chi connectivity index (χ3v) is 4.61. The van der Waals surface area contributed by atoms with Crippen LogP contribution in [0.4, 0.5) is 0 Å². The molecule has 4 nitrogen and oxygen atoms in total. The predicted octanol–water partition coefficient (Wildman–Crippen LogP) is 3.54. The average Bonchev–Trinajstić information content (AvgIpc) is 3.21. The topological polar surface area (TPSA) is 58.3 Å². The molecule has 0 bridgehead atoms. The summed E-state index contributed by atoms with van der Waals surface area (Å²) in [7, 11) is 0. The summed E-state index contributed by atoms with van der Waals surface area (Å²) < 4.78 is 5.59. The van der Waals surface area contributed by atoms with Gasteiger partial charge in [0.1, 0.15) is 5.76 Å². The third-order valence-electron chi connectivity index (χ3n) is 3.60. The Hall–Kier alpha value is -1.95. The Kier molecular flexibility index (Phi) is 5.23. The molecule has 0 atom stereocenters. The zero-order chi connectivity index (χ0) is 16.1. The van der Waals surface area contributed by atoms with Gasteiger partial charge in [0.2, 0.25) is 0 Å². The van der Waals surface area contributed by atoms with Crippen LogP contribution in [0, 0.1) is 6.92 Å². The Morgan fingerprint density at radius 2 is 1.91 bits per heavy atom. The van der Waals surface area contributed by atoms with Crippen molar-refractivity contribution in [3.63, 3.8) is 0 Å². The summed E-state index contributed by atoms with van der Waals surface area (Å²) in [6.07, 6.45) is 2.87. The van der Waals surface area contributed by atoms with Crippen LogP contribution in [0.2, 0.25) is 0 Å². The molecule has 2 heterocycles. The second-order valence-corrected chi connectivity index (χ2v) is 6.56. The largest absolute Gasteiger partial charge is 0.459 e. The Morgan fingerprint density at radius 1 is 1.13 bits per heavy atom. The number of aryl methyl sites for hydroxylation is 1. The lowest BCUT2D eigenvalue weighted by atomic mass is 10.1. The number of hydrogen-bond acceptors (Lipinski definition) is 5. The molecule has 0 amide bonds. The number of thiazole rings is 1. The van der Waals surface area contributed by atoms with Crippen molar-refractivity contribution in [1.29, 1.82) is 0 Å². The average molecular weight is 328 g/mol. The Balaban J connectivity index is 1.46. The molecular formula is C18H20N2O2S. The Morgan fingerprint density at radius 3 is 2.61 bits per heavy atom. The molecule has 2 aromatic heterocycles. The Bertz CT molecular complexity index is 746. The van der Waals surface area contributed by atoms with Gasteiger partial charge >= 0.3 is 0 Å². The number of hydrogen-bond donors (Lipinski definition) is 2. The van der Waals surface area contributed by atoms with Gasteiger partial charge in [-0.3, -0.25) is 0 Å². The summed E-state index contributed by atoms with van der Waals surface area (Å²) in [5.74, 6) is 1.74. The summed E-state index contributed by atoms with van der Waals surface area (Å²) >= 11 is 1.66. The van der Waals surface area contributed by atoms with Crippen LogP contribution in [0.5, 0.6) is 0 Å². The quantitative estimate of drug-likeness (QED) is 0.651. The first-order valence-corrected chi connectivity index (χ1v) is 8.47. The van der Waals surface area contributed by atoms with Crippen molar-refractivity contribution in [2.24, 2.45) is 0 Å². The van der Waals surface area contributed by atoms with Crippen molar-refractivity contribution in [3.8, 4) is 10.8 Å². The number of nitrogens with one attached hydrogen (secondary N) is 1. The SMILES string of the molecule is Cc1ccc(-c2ncc(CNCCc3ccc(CO)cc3)s2)o1. The highest BCUT2D eigenvalue weighted by Gasteiger charge is 2.08. The van der Waals surface area contributed by atoms with E-state index in [1.165, 1.54) is 10.4 Å². The summed E-state index contributed by atoms with van der Waals surface area (Å²) in [6, 6.07) is 12.0. The van der Waals surface area contributed by atoms with Gasteiger partial charge in [0.05, 0.1) is 6.61 Å². The fourth-order valence-corrected chi connectivity index (χ4v) is 3.15. The van der Waals surface area contributed by atoms with Gasteiger partial charge in [-0.15, -0.1) is 11.3 Å². The minimum atomic E-state index is 0.0986. The maximum atomic E-state index is 9.03. The molecule has 3 aromatic rings. The van der Waals surface area contributed by atoms with Crippen molar-refractivity contribution in [1.82, 2.24) is 10.3 Å². The highest BCUT2D eigenvalue weighted by Crippen LogP contribution is 2.26. The maximum Gasteiger partial charge on any atom is 0.162 e. The first-order chi connectivity index (χ1) is 11.2. The zero-order valence-corrected chi connectivity index (χ0v) is 13.9. The van der Waals surface area contributed by atoms with Gasteiger partial charge in [0.15, 0.2) is 10.8 Å². The molecule has 0 unspecified atom stereocenters. The second kappa shape index (κ2) is 7.55. The summed E-state index contributed by atoms with van der Waals surface area (Å²) in [4.78, 5) is 5.62.